The summed E-state index contributed by atoms with van der Waals surface area (Å²) in [6, 6.07) is 12.9. The molecular weight excluding hydrogens is 274 g/mol. The number of nitrogens with zero attached hydrogens (tertiary/aromatic N) is 3. The Bertz CT molecular complexity index is 551. The van der Waals surface area contributed by atoms with Gasteiger partial charge in [0.05, 0.1) is 12.6 Å². The van der Waals surface area contributed by atoms with E-state index in [2.05, 4.69) is 41.2 Å². The third-order valence-electron chi connectivity index (χ3n) is 4.51. The molecule has 4 heteroatoms. The minimum Gasteiger partial charge on any atom is -0.390 e. The number of hydrogen-bond acceptors (Lipinski definition) is 3. The Labute approximate surface area is 132 Å². The SMILES string of the molecule is CC(C1CC1)N(Cc1ccccc1)CC(O)Cn1cccn1. The standard InChI is InChI=1S/C18H25N3O/c1-15(17-8-9-17)20(12-16-6-3-2-4-7-16)13-18(22)14-21-11-5-10-19-21/h2-7,10-11,15,17-18,22H,8-9,12-14H2,1H3. The van der Waals surface area contributed by atoms with E-state index in [0.29, 0.717) is 19.1 Å². The Kier molecular flexibility index (Phi) is 4.90. The Hall–Kier alpha value is -1.65. The van der Waals surface area contributed by atoms with Crippen molar-refractivity contribution in [2.75, 3.05) is 6.54 Å². The fourth-order valence-corrected chi connectivity index (χ4v) is 3.02. The van der Waals surface area contributed by atoms with E-state index in [0.717, 1.165) is 12.5 Å². The molecule has 2 unspecified atom stereocenters. The summed E-state index contributed by atoms with van der Waals surface area (Å²) >= 11 is 0. The first-order valence-electron chi connectivity index (χ1n) is 8.16. The summed E-state index contributed by atoms with van der Waals surface area (Å²) in [7, 11) is 0. The second kappa shape index (κ2) is 7.07. The molecule has 1 fully saturated rings. The molecule has 0 spiro atoms. The second-order valence-corrected chi connectivity index (χ2v) is 6.38. The van der Waals surface area contributed by atoms with Gasteiger partial charge in [0.1, 0.15) is 0 Å². The Morgan fingerprint density at radius 2 is 2.05 bits per heavy atom. The first kappa shape index (κ1) is 15.3. The van der Waals surface area contributed by atoms with Crippen LogP contribution >= 0.6 is 0 Å². The number of rotatable bonds is 8. The smallest absolute Gasteiger partial charge is 0.0862 e. The summed E-state index contributed by atoms with van der Waals surface area (Å²) in [5.74, 6) is 0.792. The van der Waals surface area contributed by atoms with Gasteiger partial charge >= 0.3 is 0 Å². The molecule has 2 atom stereocenters. The monoisotopic (exact) mass is 299 g/mol. The Morgan fingerprint density at radius 3 is 2.68 bits per heavy atom. The van der Waals surface area contributed by atoms with E-state index in [9.17, 15) is 5.11 Å². The molecule has 1 N–H and O–H groups in total. The molecule has 1 aromatic heterocycles. The molecule has 1 heterocycles. The summed E-state index contributed by atoms with van der Waals surface area (Å²) in [6.45, 7) is 4.43. The lowest BCUT2D eigenvalue weighted by Gasteiger charge is -2.31. The molecule has 118 valence electrons. The first-order valence-corrected chi connectivity index (χ1v) is 8.16. The highest BCUT2D eigenvalue weighted by Crippen LogP contribution is 2.35. The van der Waals surface area contributed by atoms with Crippen LogP contribution in [0.3, 0.4) is 0 Å². The van der Waals surface area contributed by atoms with Crippen LogP contribution in [0.5, 0.6) is 0 Å². The fourth-order valence-electron chi connectivity index (χ4n) is 3.02. The molecule has 0 bridgehead atoms. The molecule has 0 saturated heterocycles. The van der Waals surface area contributed by atoms with Crippen LogP contribution in [-0.2, 0) is 13.1 Å². The quantitative estimate of drug-likeness (QED) is 0.814. The molecule has 0 aliphatic heterocycles. The molecule has 0 amide bonds. The second-order valence-electron chi connectivity index (χ2n) is 6.38. The van der Waals surface area contributed by atoms with Gasteiger partial charge in [-0.3, -0.25) is 9.58 Å². The van der Waals surface area contributed by atoms with Gasteiger partial charge in [-0.15, -0.1) is 0 Å². The first-order chi connectivity index (χ1) is 10.7. The van der Waals surface area contributed by atoms with Crippen LogP contribution in [0.2, 0.25) is 0 Å². The van der Waals surface area contributed by atoms with Gasteiger partial charge in [-0.1, -0.05) is 30.3 Å². The zero-order chi connectivity index (χ0) is 15.4. The molecule has 1 aliphatic rings. The minimum absolute atomic E-state index is 0.398. The van der Waals surface area contributed by atoms with E-state index < -0.39 is 6.10 Å². The molecule has 2 aromatic rings. The van der Waals surface area contributed by atoms with Crippen molar-refractivity contribution in [1.29, 1.82) is 0 Å². The topological polar surface area (TPSA) is 41.3 Å². The molecule has 3 rings (SSSR count). The van der Waals surface area contributed by atoms with E-state index in [1.165, 1.54) is 18.4 Å². The van der Waals surface area contributed by atoms with E-state index in [1.54, 1.807) is 10.9 Å². The maximum Gasteiger partial charge on any atom is 0.0862 e. The number of aliphatic hydroxyl groups is 1. The fraction of sp³-hybridized carbons (Fsp3) is 0.500. The van der Waals surface area contributed by atoms with Gasteiger partial charge in [0.25, 0.3) is 0 Å². The number of aromatic nitrogens is 2. The van der Waals surface area contributed by atoms with Crippen molar-refractivity contribution in [2.24, 2.45) is 5.92 Å². The van der Waals surface area contributed by atoms with Crippen LogP contribution in [0, 0.1) is 5.92 Å². The zero-order valence-electron chi connectivity index (χ0n) is 13.2. The minimum atomic E-state index is -0.398. The van der Waals surface area contributed by atoms with Gasteiger partial charge in [-0.25, -0.2) is 0 Å². The van der Waals surface area contributed by atoms with Crippen molar-refractivity contribution in [3.8, 4) is 0 Å². The van der Waals surface area contributed by atoms with E-state index in [4.69, 9.17) is 0 Å². The average molecular weight is 299 g/mol. The van der Waals surface area contributed by atoms with Crippen LogP contribution in [0.25, 0.3) is 0 Å². The number of aliphatic hydroxyl groups excluding tert-OH is 1. The normalized spacial score (nSPS) is 17.6. The Balaban J connectivity index is 1.62. The van der Waals surface area contributed by atoms with Gasteiger partial charge in [0.2, 0.25) is 0 Å². The lowest BCUT2D eigenvalue weighted by Crippen LogP contribution is -2.41. The molecule has 1 saturated carbocycles. The van der Waals surface area contributed by atoms with Gasteiger partial charge in [0, 0.05) is 31.5 Å². The largest absolute Gasteiger partial charge is 0.390 e. The molecule has 1 aromatic carbocycles. The van der Waals surface area contributed by atoms with Crippen LogP contribution in [-0.4, -0.2) is 38.5 Å². The molecule has 1 aliphatic carbocycles. The highest BCUT2D eigenvalue weighted by molar-refractivity contribution is 5.14. The van der Waals surface area contributed by atoms with E-state index in [1.807, 2.05) is 18.3 Å². The van der Waals surface area contributed by atoms with Crippen molar-refractivity contribution in [3.63, 3.8) is 0 Å². The lowest BCUT2D eigenvalue weighted by atomic mass is 10.1. The van der Waals surface area contributed by atoms with Gasteiger partial charge in [-0.2, -0.15) is 5.10 Å². The average Bonchev–Trinajstić information content (AvgIpc) is 3.25. The third-order valence-corrected chi connectivity index (χ3v) is 4.51. The van der Waals surface area contributed by atoms with E-state index >= 15 is 0 Å². The third kappa shape index (κ3) is 4.18. The van der Waals surface area contributed by atoms with Crippen molar-refractivity contribution in [2.45, 2.75) is 45.0 Å². The van der Waals surface area contributed by atoms with Gasteiger partial charge in [0.15, 0.2) is 0 Å². The summed E-state index contributed by atoms with van der Waals surface area (Å²) in [5.41, 5.74) is 1.31. The number of benzene rings is 1. The van der Waals surface area contributed by atoms with E-state index in [-0.39, 0.29) is 0 Å². The van der Waals surface area contributed by atoms with Gasteiger partial charge in [-0.05, 0) is 37.3 Å². The molecule has 4 nitrogen and oxygen atoms in total. The van der Waals surface area contributed by atoms with Gasteiger partial charge < -0.3 is 5.11 Å². The van der Waals surface area contributed by atoms with Crippen LogP contribution in [0.4, 0.5) is 0 Å². The maximum absolute atomic E-state index is 10.4. The predicted octanol–water partition coefficient (Wildman–Crippen LogP) is 2.54. The summed E-state index contributed by atoms with van der Waals surface area (Å²) in [6.07, 6.45) is 5.89. The predicted molar refractivity (Wildman–Crippen MR) is 87.3 cm³/mol. The number of hydrogen-bond donors (Lipinski definition) is 1. The molecule has 0 radical (unpaired) electrons. The Morgan fingerprint density at radius 1 is 1.27 bits per heavy atom. The van der Waals surface area contributed by atoms with Crippen molar-refractivity contribution < 1.29 is 5.11 Å². The molecular formula is C18H25N3O. The summed E-state index contributed by atoms with van der Waals surface area (Å²) < 4.78 is 1.80. The van der Waals surface area contributed by atoms with Crippen molar-refractivity contribution in [3.05, 3.63) is 54.4 Å². The summed E-state index contributed by atoms with van der Waals surface area (Å²) in [4.78, 5) is 2.42. The highest BCUT2D eigenvalue weighted by Gasteiger charge is 2.32. The van der Waals surface area contributed by atoms with Crippen molar-refractivity contribution in [1.82, 2.24) is 14.7 Å². The zero-order valence-corrected chi connectivity index (χ0v) is 13.2. The van der Waals surface area contributed by atoms with Crippen LogP contribution < -0.4 is 0 Å². The highest BCUT2D eigenvalue weighted by atomic mass is 16.3. The van der Waals surface area contributed by atoms with Crippen LogP contribution in [0.15, 0.2) is 48.8 Å². The summed E-state index contributed by atoms with van der Waals surface area (Å²) in [5, 5.41) is 14.6. The molecule has 22 heavy (non-hydrogen) atoms. The maximum atomic E-state index is 10.4. The van der Waals surface area contributed by atoms with Crippen LogP contribution in [0.1, 0.15) is 25.3 Å². The lowest BCUT2D eigenvalue weighted by molar-refractivity contribution is 0.0667. The van der Waals surface area contributed by atoms with Crippen molar-refractivity contribution >= 4 is 0 Å².